The average molecular weight is 1250 g/mol. The zero-order valence-corrected chi connectivity index (χ0v) is 59.3. The minimum atomic E-state index is -0.720. The van der Waals surface area contributed by atoms with Gasteiger partial charge >= 0.3 is 0 Å². The lowest BCUT2D eigenvalue weighted by atomic mass is 9.61. The van der Waals surface area contributed by atoms with Gasteiger partial charge in [-0.1, -0.05) is 315 Å². The molecule has 3 fully saturated rings. The number of benzene rings is 1. The molecular weight excluding hydrogens is 1110 g/mol. The van der Waals surface area contributed by atoms with Gasteiger partial charge in [0.15, 0.2) is 0 Å². The van der Waals surface area contributed by atoms with Crippen LogP contribution in [0.4, 0.5) is 0 Å². The smallest absolute Gasteiger partial charge is 0.253 e. The number of amides is 5. The predicted octanol–water partition coefficient (Wildman–Crippen LogP) is 22.8. The van der Waals surface area contributed by atoms with E-state index >= 15 is 0 Å². The van der Waals surface area contributed by atoms with E-state index in [9.17, 15) is 24.0 Å². The summed E-state index contributed by atoms with van der Waals surface area (Å²) >= 11 is 0. The maximum absolute atomic E-state index is 14.2. The van der Waals surface area contributed by atoms with Gasteiger partial charge in [-0.05, 0) is 123 Å². The van der Waals surface area contributed by atoms with E-state index in [4.69, 9.17) is 0 Å². The average Bonchev–Trinajstić information content (AvgIpc) is 1.78. The van der Waals surface area contributed by atoms with E-state index in [1.165, 1.54) is 285 Å². The monoisotopic (exact) mass is 1250 g/mol. The molecule has 2 saturated carbocycles. The summed E-state index contributed by atoms with van der Waals surface area (Å²) in [7, 11) is 0. The van der Waals surface area contributed by atoms with Crippen LogP contribution >= 0.6 is 0 Å². The summed E-state index contributed by atoms with van der Waals surface area (Å²) in [6.07, 6.45) is 70.1. The van der Waals surface area contributed by atoms with Crippen LogP contribution in [-0.2, 0) is 24.0 Å². The lowest BCUT2D eigenvalue weighted by Gasteiger charge is -2.44. The molecule has 1 saturated heterocycles. The van der Waals surface area contributed by atoms with Gasteiger partial charge in [0.05, 0.1) is 6.42 Å². The number of carbonyl (C=O) groups is 5. The van der Waals surface area contributed by atoms with Gasteiger partial charge in [-0.25, -0.2) is 0 Å². The Morgan fingerprint density at radius 2 is 0.778 bits per heavy atom. The standard InChI is InChI=1S/C82H139N3O5/c1-6-10-14-18-27-41-53-74-70(49-37-16-12-8-3)58-56-68(5)73(74)52-40-29-21-24-31-44-64-83(78(86)61-57-69-47-35-34-36-48-69)77-67-81(89)85(82(77)90)66-46-33-25-22-30-43-55-76-72(51-39-26-20-23-32-45-65-84-79(87)62-63-80(84)88)60-59-71(50-38-17-13-9-4)75(76)54-42-28-19-15-11-7-2/h34-36,47-48,57,61-63,68,70-77H,6-33,37-46,49-56,58-60,64-67H2,1-5H3/b61-57+. The number of hydrogen-bond acceptors (Lipinski definition) is 5. The number of unbranched alkanes of at least 4 members (excludes halogenated alkanes) is 31. The van der Waals surface area contributed by atoms with Crippen LogP contribution < -0.4 is 0 Å². The summed E-state index contributed by atoms with van der Waals surface area (Å²) in [5.74, 6) is 6.23. The van der Waals surface area contributed by atoms with E-state index in [2.05, 4.69) is 34.6 Å². The summed E-state index contributed by atoms with van der Waals surface area (Å²) < 4.78 is 0. The molecule has 9 unspecified atom stereocenters. The maximum atomic E-state index is 14.2. The van der Waals surface area contributed by atoms with E-state index in [0.717, 1.165) is 104 Å². The molecule has 5 rings (SSSR count). The van der Waals surface area contributed by atoms with Crippen molar-refractivity contribution in [2.45, 2.75) is 362 Å². The lowest BCUT2D eigenvalue weighted by Crippen LogP contribution is -2.45. The first-order chi connectivity index (χ1) is 44.1. The van der Waals surface area contributed by atoms with Crippen LogP contribution in [0.2, 0.25) is 0 Å². The molecule has 1 aromatic rings. The summed E-state index contributed by atoms with van der Waals surface area (Å²) in [5, 5.41) is 0. The highest BCUT2D eigenvalue weighted by molar-refractivity contribution is 6.12. The van der Waals surface area contributed by atoms with Crippen LogP contribution in [-0.4, -0.2) is 69.9 Å². The molecule has 0 radical (unpaired) electrons. The Balaban J connectivity index is 1.07. The van der Waals surface area contributed by atoms with Crippen LogP contribution in [0.15, 0.2) is 48.6 Å². The number of likely N-dealkylation sites (tertiary alicyclic amines) is 1. The summed E-state index contributed by atoms with van der Waals surface area (Å²) in [6.45, 7) is 13.4. The number of nitrogens with zero attached hydrogens (tertiary/aromatic N) is 3. The molecule has 2 heterocycles. The van der Waals surface area contributed by atoms with E-state index in [1.54, 1.807) is 11.0 Å². The van der Waals surface area contributed by atoms with E-state index in [-0.39, 0.29) is 36.0 Å². The van der Waals surface area contributed by atoms with Gasteiger partial charge in [-0.3, -0.25) is 33.8 Å². The quantitative estimate of drug-likeness (QED) is 0.0368. The molecule has 512 valence electrons. The molecule has 8 heteroatoms. The molecule has 0 N–H and O–H groups in total. The van der Waals surface area contributed by atoms with Crippen molar-refractivity contribution >= 4 is 35.6 Å². The van der Waals surface area contributed by atoms with Gasteiger partial charge in [0, 0.05) is 37.9 Å². The van der Waals surface area contributed by atoms with E-state index in [1.807, 2.05) is 36.4 Å². The Labute approximate surface area is 554 Å². The predicted molar refractivity (Wildman–Crippen MR) is 381 cm³/mol. The summed E-state index contributed by atoms with van der Waals surface area (Å²) in [4.78, 5) is 70.6. The third-order valence-corrected chi connectivity index (χ3v) is 22.7. The van der Waals surface area contributed by atoms with Gasteiger partial charge in [0.1, 0.15) is 6.04 Å². The Bertz CT molecular complexity index is 2100. The normalized spacial score (nSPS) is 23.0. The molecule has 1 aromatic carbocycles. The first-order valence-corrected chi connectivity index (χ1v) is 39.5. The number of carbonyl (C=O) groups excluding carboxylic acids is 5. The first-order valence-electron chi connectivity index (χ1n) is 39.5. The van der Waals surface area contributed by atoms with Crippen LogP contribution in [0.25, 0.3) is 6.08 Å². The van der Waals surface area contributed by atoms with Crippen LogP contribution in [0.3, 0.4) is 0 Å². The zero-order chi connectivity index (χ0) is 64.2. The molecule has 2 aliphatic heterocycles. The molecule has 8 nitrogen and oxygen atoms in total. The minimum absolute atomic E-state index is 0.0930. The van der Waals surface area contributed by atoms with E-state index in [0.29, 0.717) is 19.6 Å². The van der Waals surface area contributed by atoms with Crippen molar-refractivity contribution in [3.63, 3.8) is 0 Å². The van der Waals surface area contributed by atoms with Gasteiger partial charge in [-0.15, -0.1) is 0 Å². The van der Waals surface area contributed by atoms with Crippen molar-refractivity contribution in [3.8, 4) is 0 Å². The Morgan fingerprint density at radius 3 is 1.23 bits per heavy atom. The molecular formula is C82H139N3O5. The zero-order valence-electron chi connectivity index (χ0n) is 59.3. The van der Waals surface area contributed by atoms with Crippen LogP contribution in [0.1, 0.15) is 361 Å². The van der Waals surface area contributed by atoms with Gasteiger partial charge < -0.3 is 4.90 Å². The second-order valence-corrected chi connectivity index (χ2v) is 29.6. The van der Waals surface area contributed by atoms with Crippen molar-refractivity contribution < 1.29 is 24.0 Å². The minimum Gasteiger partial charge on any atom is -0.327 e. The fraction of sp³-hybridized carbons (Fsp3) is 0.817. The first kappa shape index (κ1) is 77.2. The fourth-order valence-corrected chi connectivity index (χ4v) is 17.3. The van der Waals surface area contributed by atoms with E-state index < -0.39 is 6.04 Å². The number of rotatable bonds is 54. The molecule has 4 aliphatic rings. The third-order valence-electron chi connectivity index (χ3n) is 22.7. The number of hydrogen-bond donors (Lipinski definition) is 0. The largest absolute Gasteiger partial charge is 0.327 e. The second kappa shape index (κ2) is 48.2. The van der Waals surface area contributed by atoms with Gasteiger partial charge in [0.2, 0.25) is 11.8 Å². The third kappa shape index (κ3) is 29.4. The fourth-order valence-electron chi connectivity index (χ4n) is 17.3. The molecule has 5 amide bonds. The second-order valence-electron chi connectivity index (χ2n) is 29.6. The van der Waals surface area contributed by atoms with Crippen LogP contribution in [0.5, 0.6) is 0 Å². The van der Waals surface area contributed by atoms with Crippen molar-refractivity contribution in [1.82, 2.24) is 14.7 Å². The van der Waals surface area contributed by atoms with Crippen LogP contribution in [0, 0.1) is 47.3 Å². The highest BCUT2D eigenvalue weighted by Gasteiger charge is 2.43. The molecule has 0 spiro atoms. The summed E-state index contributed by atoms with van der Waals surface area (Å²) in [6, 6.07) is 9.19. The maximum Gasteiger partial charge on any atom is 0.253 e. The Morgan fingerprint density at radius 1 is 0.422 bits per heavy atom. The topological polar surface area (TPSA) is 95.1 Å². The molecule has 0 aromatic heterocycles. The highest BCUT2D eigenvalue weighted by atomic mass is 16.2. The van der Waals surface area contributed by atoms with Crippen molar-refractivity contribution in [2.24, 2.45) is 47.3 Å². The van der Waals surface area contributed by atoms with Gasteiger partial charge in [-0.2, -0.15) is 0 Å². The highest BCUT2D eigenvalue weighted by Crippen LogP contribution is 2.49. The lowest BCUT2D eigenvalue weighted by molar-refractivity contribution is -0.142. The van der Waals surface area contributed by atoms with Crippen molar-refractivity contribution in [1.29, 1.82) is 0 Å². The van der Waals surface area contributed by atoms with Crippen molar-refractivity contribution in [2.75, 3.05) is 19.6 Å². The Hall–Kier alpha value is -3.55. The van der Waals surface area contributed by atoms with Crippen molar-refractivity contribution in [3.05, 3.63) is 54.1 Å². The number of imide groups is 2. The Kier molecular flexibility index (Phi) is 41.3. The SMILES string of the molecule is CCCCCCCCC1C(CCCCCC)CCC(C)C1CCCCCCCCN(C(=O)/C=C/c1ccccc1)C1CC(=O)N(CCCCCCCCC2C(CCCCCCCCN3C(=O)C=CC3=O)CCC(CCCCCC)C2CCCCCCCC)C1=O. The molecule has 90 heavy (non-hydrogen) atoms. The molecule has 0 bridgehead atoms. The molecule has 9 atom stereocenters. The molecule has 2 aliphatic carbocycles. The summed E-state index contributed by atoms with van der Waals surface area (Å²) in [5.41, 5.74) is 0.951. The van der Waals surface area contributed by atoms with Gasteiger partial charge in [0.25, 0.3) is 17.7 Å².